The molecule has 1 fully saturated rings. The molecule has 5 heteroatoms. The van der Waals surface area contributed by atoms with Crippen LogP contribution in [0.15, 0.2) is 54.7 Å². The van der Waals surface area contributed by atoms with Crippen molar-refractivity contribution in [1.29, 1.82) is 0 Å². The lowest BCUT2D eigenvalue weighted by molar-refractivity contribution is 0.0946. The molecule has 5 rings (SSSR count). The number of aromatic nitrogens is 1. The fourth-order valence-corrected chi connectivity index (χ4v) is 6.44. The molecular formula is C28H33N3OS. The highest BCUT2D eigenvalue weighted by Crippen LogP contribution is 2.40. The number of likely N-dealkylation sites (tertiary alicyclic amines) is 1. The van der Waals surface area contributed by atoms with Crippen molar-refractivity contribution >= 4 is 38.2 Å². The zero-order valence-electron chi connectivity index (χ0n) is 20.0. The van der Waals surface area contributed by atoms with Gasteiger partial charge in [0.2, 0.25) is 0 Å². The molecule has 2 aromatic heterocycles. The average Bonchev–Trinajstić information content (AvgIpc) is 3.49. The van der Waals surface area contributed by atoms with Crippen molar-refractivity contribution in [2.24, 2.45) is 0 Å². The molecule has 0 radical (unpaired) electrons. The second-order valence-electron chi connectivity index (χ2n) is 9.86. The number of amides is 1. The van der Waals surface area contributed by atoms with Crippen molar-refractivity contribution in [1.82, 2.24) is 14.8 Å². The third kappa shape index (κ3) is 4.20. The first-order valence-electron chi connectivity index (χ1n) is 12.1. The van der Waals surface area contributed by atoms with E-state index in [2.05, 4.69) is 83.4 Å². The maximum Gasteiger partial charge on any atom is 0.261 e. The SMILES string of the molecule is CC(C)NC(=O)c1sc2ccccc2c1C1CCN(Cc2cn(C(C)C)c3ccccc23)C1. The summed E-state index contributed by atoms with van der Waals surface area (Å²) in [4.78, 5) is 16.5. The average molecular weight is 460 g/mol. The largest absolute Gasteiger partial charge is 0.349 e. The maximum atomic E-state index is 13.1. The first-order valence-corrected chi connectivity index (χ1v) is 12.9. The quantitative estimate of drug-likeness (QED) is 0.354. The molecule has 172 valence electrons. The zero-order chi connectivity index (χ0) is 23.1. The van der Waals surface area contributed by atoms with Gasteiger partial charge in [-0.2, -0.15) is 0 Å². The van der Waals surface area contributed by atoms with E-state index >= 15 is 0 Å². The molecule has 1 unspecified atom stereocenters. The van der Waals surface area contributed by atoms with Crippen molar-refractivity contribution in [2.45, 2.75) is 58.7 Å². The smallest absolute Gasteiger partial charge is 0.261 e. The van der Waals surface area contributed by atoms with Crippen molar-refractivity contribution < 1.29 is 4.79 Å². The van der Waals surface area contributed by atoms with E-state index in [1.807, 2.05) is 13.8 Å². The number of carbonyl (C=O) groups excluding carboxylic acids is 1. The number of hydrogen-bond acceptors (Lipinski definition) is 3. The molecule has 1 atom stereocenters. The predicted molar refractivity (Wildman–Crippen MR) is 139 cm³/mol. The molecule has 33 heavy (non-hydrogen) atoms. The molecule has 3 heterocycles. The molecule has 1 amide bonds. The molecule has 4 aromatic rings. The summed E-state index contributed by atoms with van der Waals surface area (Å²) in [5.74, 6) is 0.451. The number of fused-ring (bicyclic) bond motifs is 2. The highest BCUT2D eigenvalue weighted by Gasteiger charge is 2.31. The second kappa shape index (κ2) is 8.96. The van der Waals surface area contributed by atoms with Gasteiger partial charge in [0.25, 0.3) is 5.91 Å². The van der Waals surface area contributed by atoms with Gasteiger partial charge in [0.05, 0.1) is 4.88 Å². The fraction of sp³-hybridized carbons (Fsp3) is 0.393. The van der Waals surface area contributed by atoms with Gasteiger partial charge < -0.3 is 9.88 Å². The summed E-state index contributed by atoms with van der Waals surface area (Å²) < 4.78 is 3.60. The third-order valence-corrected chi connectivity index (χ3v) is 7.90. The maximum absolute atomic E-state index is 13.1. The van der Waals surface area contributed by atoms with Gasteiger partial charge in [0.15, 0.2) is 0 Å². The summed E-state index contributed by atoms with van der Waals surface area (Å²) in [5, 5.41) is 5.73. The number of nitrogens with one attached hydrogen (secondary N) is 1. The summed E-state index contributed by atoms with van der Waals surface area (Å²) in [6.45, 7) is 11.5. The van der Waals surface area contributed by atoms with Crippen LogP contribution in [0, 0.1) is 0 Å². The first kappa shape index (κ1) is 22.2. The van der Waals surface area contributed by atoms with E-state index < -0.39 is 0 Å². The van der Waals surface area contributed by atoms with E-state index in [9.17, 15) is 4.79 Å². The van der Waals surface area contributed by atoms with Crippen molar-refractivity contribution in [3.05, 3.63) is 70.7 Å². The van der Waals surface area contributed by atoms with E-state index in [-0.39, 0.29) is 11.9 Å². The number of para-hydroxylation sites is 1. The van der Waals surface area contributed by atoms with Crippen LogP contribution in [-0.2, 0) is 6.54 Å². The Labute approximate surface area is 200 Å². The summed E-state index contributed by atoms with van der Waals surface area (Å²) in [6.07, 6.45) is 3.43. The normalized spacial score (nSPS) is 17.1. The van der Waals surface area contributed by atoms with Gasteiger partial charge >= 0.3 is 0 Å². The zero-order valence-corrected chi connectivity index (χ0v) is 20.8. The van der Waals surface area contributed by atoms with Gasteiger partial charge in [-0.05, 0) is 69.3 Å². The van der Waals surface area contributed by atoms with Crippen LogP contribution in [-0.4, -0.2) is 34.5 Å². The molecule has 0 aliphatic carbocycles. The van der Waals surface area contributed by atoms with Gasteiger partial charge in [0.1, 0.15) is 0 Å². The molecule has 1 aliphatic heterocycles. The number of thiophene rings is 1. The van der Waals surface area contributed by atoms with Crippen LogP contribution in [0.2, 0.25) is 0 Å². The van der Waals surface area contributed by atoms with Gasteiger partial charge in [-0.25, -0.2) is 0 Å². The molecule has 2 aromatic carbocycles. The highest BCUT2D eigenvalue weighted by atomic mass is 32.1. The Morgan fingerprint density at radius 3 is 2.55 bits per heavy atom. The van der Waals surface area contributed by atoms with Gasteiger partial charge in [-0.15, -0.1) is 11.3 Å². The van der Waals surface area contributed by atoms with Crippen molar-refractivity contribution in [2.75, 3.05) is 13.1 Å². The Bertz CT molecular complexity index is 1300. The Hall–Kier alpha value is -2.63. The number of nitrogens with zero attached hydrogens (tertiary/aromatic N) is 2. The Balaban J connectivity index is 1.43. The third-order valence-electron chi connectivity index (χ3n) is 6.71. The standard InChI is InChI=1S/C28H33N3OS/c1-18(2)29-28(32)27-26(23-10-6-8-12-25(23)33-27)20-13-14-30(15-20)16-21-17-31(19(3)4)24-11-7-5-9-22(21)24/h5-12,17-20H,13-16H2,1-4H3,(H,29,32). The first-order chi connectivity index (χ1) is 15.9. The van der Waals surface area contributed by atoms with Gasteiger partial charge in [-0.3, -0.25) is 9.69 Å². The second-order valence-corrected chi connectivity index (χ2v) is 10.9. The van der Waals surface area contributed by atoms with E-state index in [1.54, 1.807) is 11.3 Å². The number of hydrogen-bond donors (Lipinski definition) is 1. The van der Waals surface area contributed by atoms with E-state index in [4.69, 9.17) is 0 Å². The van der Waals surface area contributed by atoms with E-state index in [0.717, 1.165) is 30.9 Å². The van der Waals surface area contributed by atoms with Gasteiger partial charge in [-0.1, -0.05) is 36.4 Å². The Morgan fingerprint density at radius 1 is 1.06 bits per heavy atom. The Morgan fingerprint density at radius 2 is 1.79 bits per heavy atom. The minimum Gasteiger partial charge on any atom is -0.349 e. The molecule has 1 aliphatic rings. The monoisotopic (exact) mass is 459 g/mol. The van der Waals surface area contributed by atoms with Crippen LogP contribution in [0.25, 0.3) is 21.0 Å². The summed E-state index contributed by atoms with van der Waals surface area (Å²) >= 11 is 1.64. The minimum absolute atomic E-state index is 0.0691. The molecule has 1 saturated heterocycles. The molecule has 0 saturated carbocycles. The van der Waals surface area contributed by atoms with Crippen LogP contribution in [0.3, 0.4) is 0 Å². The van der Waals surface area contributed by atoms with Crippen LogP contribution in [0.4, 0.5) is 0 Å². The molecule has 4 nitrogen and oxygen atoms in total. The van der Waals surface area contributed by atoms with Crippen LogP contribution >= 0.6 is 11.3 Å². The van der Waals surface area contributed by atoms with E-state index in [1.165, 1.54) is 32.1 Å². The summed E-state index contributed by atoms with van der Waals surface area (Å²) in [7, 11) is 0. The molecule has 0 bridgehead atoms. The summed E-state index contributed by atoms with van der Waals surface area (Å²) in [5.41, 5.74) is 3.96. The van der Waals surface area contributed by atoms with Crippen molar-refractivity contribution in [3.8, 4) is 0 Å². The molecule has 0 spiro atoms. The molecular weight excluding hydrogens is 426 g/mol. The lowest BCUT2D eigenvalue weighted by Gasteiger charge is -2.17. The van der Waals surface area contributed by atoms with Crippen LogP contribution < -0.4 is 5.32 Å². The minimum atomic E-state index is 0.0691. The van der Waals surface area contributed by atoms with Crippen molar-refractivity contribution in [3.63, 3.8) is 0 Å². The lowest BCUT2D eigenvalue weighted by Crippen LogP contribution is -2.30. The van der Waals surface area contributed by atoms with Crippen LogP contribution in [0.1, 0.15) is 66.9 Å². The van der Waals surface area contributed by atoms with Crippen LogP contribution in [0.5, 0.6) is 0 Å². The number of rotatable bonds is 6. The Kier molecular flexibility index (Phi) is 6.02. The fourth-order valence-electron chi connectivity index (χ4n) is 5.25. The predicted octanol–water partition coefficient (Wildman–Crippen LogP) is 6.56. The molecule has 1 N–H and O–H groups in total. The van der Waals surface area contributed by atoms with Gasteiger partial charge in [0, 0.05) is 52.9 Å². The number of benzene rings is 2. The topological polar surface area (TPSA) is 37.3 Å². The highest BCUT2D eigenvalue weighted by molar-refractivity contribution is 7.21. The number of carbonyl (C=O) groups is 1. The summed E-state index contributed by atoms with van der Waals surface area (Å²) in [6, 6.07) is 17.8. The van der Waals surface area contributed by atoms with E-state index in [0.29, 0.717) is 12.0 Å². The lowest BCUT2D eigenvalue weighted by atomic mass is 9.95.